The number of hydrogen-bond acceptors (Lipinski definition) is 3. The lowest BCUT2D eigenvalue weighted by Crippen LogP contribution is -2.26. The molecule has 1 rings (SSSR count). The van der Waals surface area contributed by atoms with E-state index in [9.17, 15) is 8.78 Å². The third kappa shape index (κ3) is 3.14. The molecule has 1 aromatic rings. The molecule has 0 saturated heterocycles. The molecule has 0 aliphatic heterocycles. The average molecular weight is 240 g/mol. The zero-order chi connectivity index (χ0) is 12.8. The summed E-state index contributed by atoms with van der Waals surface area (Å²) in [7, 11) is 0. The van der Waals surface area contributed by atoms with Gasteiger partial charge in [-0.1, -0.05) is 0 Å². The van der Waals surface area contributed by atoms with Gasteiger partial charge in [-0.3, -0.25) is 0 Å². The van der Waals surface area contributed by atoms with Crippen molar-refractivity contribution in [2.45, 2.75) is 13.3 Å². The maximum absolute atomic E-state index is 13.7. The van der Waals surface area contributed by atoms with E-state index in [1.54, 1.807) is 13.0 Å². The van der Waals surface area contributed by atoms with Gasteiger partial charge < -0.3 is 10.0 Å². The molecular formula is C12H14F2N2O. The zero-order valence-electron chi connectivity index (χ0n) is 9.58. The van der Waals surface area contributed by atoms with E-state index in [0.717, 1.165) is 12.1 Å². The topological polar surface area (TPSA) is 47.3 Å². The van der Waals surface area contributed by atoms with Crippen LogP contribution in [0.25, 0.3) is 0 Å². The molecule has 3 nitrogen and oxygen atoms in total. The fourth-order valence-corrected chi connectivity index (χ4v) is 1.62. The van der Waals surface area contributed by atoms with Gasteiger partial charge >= 0.3 is 0 Å². The molecule has 0 aliphatic carbocycles. The molecule has 0 atom stereocenters. The van der Waals surface area contributed by atoms with E-state index >= 15 is 0 Å². The quantitative estimate of drug-likeness (QED) is 0.856. The van der Waals surface area contributed by atoms with Crippen LogP contribution in [0, 0.1) is 23.0 Å². The van der Waals surface area contributed by atoms with Crippen LogP contribution in [0.2, 0.25) is 0 Å². The van der Waals surface area contributed by atoms with Gasteiger partial charge in [0.1, 0.15) is 5.69 Å². The van der Waals surface area contributed by atoms with Gasteiger partial charge in [0.2, 0.25) is 0 Å². The van der Waals surface area contributed by atoms with Gasteiger partial charge in [0.15, 0.2) is 11.6 Å². The number of anilines is 1. The van der Waals surface area contributed by atoms with Gasteiger partial charge in [-0.15, -0.1) is 0 Å². The smallest absolute Gasteiger partial charge is 0.150 e. The summed E-state index contributed by atoms with van der Waals surface area (Å²) in [6.07, 6.45) is 0.437. The summed E-state index contributed by atoms with van der Waals surface area (Å²) in [5.41, 5.74) is -0.179. The Morgan fingerprint density at radius 2 is 1.94 bits per heavy atom. The Labute approximate surface area is 98.9 Å². The molecule has 0 amide bonds. The van der Waals surface area contributed by atoms with Crippen molar-refractivity contribution in [1.82, 2.24) is 0 Å². The average Bonchev–Trinajstić information content (AvgIpc) is 2.32. The van der Waals surface area contributed by atoms with Gasteiger partial charge in [0.25, 0.3) is 0 Å². The lowest BCUT2D eigenvalue weighted by Gasteiger charge is -2.23. The normalized spacial score (nSPS) is 10.1. The number of aliphatic hydroxyl groups is 1. The molecule has 0 unspecified atom stereocenters. The van der Waals surface area contributed by atoms with Crippen molar-refractivity contribution in [2.75, 3.05) is 24.6 Å². The third-order valence-corrected chi connectivity index (χ3v) is 2.43. The molecule has 1 N–H and O–H groups in total. The van der Waals surface area contributed by atoms with Gasteiger partial charge in [-0.25, -0.2) is 8.78 Å². The minimum atomic E-state index is -0.749. The molecule has 0 spiro atoms. The first kappa shape index (κ1) is 13.4. The SMILES string of the molecule is CCN(CCCO)c1c(F)cc(C#N)cc1F. The van der Waals surface area contributed by atoms with Crippen LogP contribution in [0.1, 0.15) is 18.9 Å². The number of nitrogens with zero attached hydrogens (tertiary/aromatic N) is 2. The highest BCUT2D eigenvalue weighted by Gasteiger charge is 2.16. The van der Waals surface area contributed by atoms with Crippen LogP contribution >= 0.6 is 0 Å². The summed E-state index contributed by atoms with van der Waals surface area (Å²) in [5, 5.41) is 17.3. The van der Waals surface area contributed by atoms with Crippen LogP contribution < -0.4 is 4.90 Å². The molecular weight excluding hydrogens is 226 g/mol. The highest BCUT2D eigenvalue weighted by molar-refractivity contribution is 5.52. The van der Waals surface area contributed by atoms with Crippen molar-refractivity contribution in [1.29, 1.82) is 5.26 Å². The molecule has 0 saturated carbocycles. The van der Waals surface area contributed by atoms with Crippen LogP contribution in [-0.2, 0) is 0 Å². The van der Waals surface area contributed by atoms with Crippen LogP contribution in [0.15, 0.2) is 12.1 Å². The first-order chi connectivity index (χ1) is 8.13. The van der Waals surface area contributed by atoms with Crippen molar-refractivity contribution < 1.29 is 13.9 Å². The van der Waals surface area contributed by atoms with E-state index in [2.05, 4.69) is 0 Å². The molecule has 5 heteroatoms. The number of aliphatic hydroxyl groups excluding tert-OH is 1. The fourth-order valence-electron chi connectivity index (χ4n) is 1.62. The Kier molecular flexibility index (Phi) is 4.85. The van der Waals surface area contributed by atoms with Crippen LogP contribution in [0.4, 0.5) is 14.5 Å². The number of rotatable bonds is 5. The molecule has 0 heterocycles. The van der Waals surface area contributed by atoms with E-state index in [4.69, 9.17) is 10.4 Å². The summed E-state index contributed by atoms with van der Waals surface area (Å²) < 4.78 is 27.3. The molecule has 17 heavy (non-hydrogen) atoms. The van der Waals surface area contributed by atoms with E-state index in [1.165, 1.54) is 4.90 Å². The second kappa shape index (κ2) is 6.16. The van der Waals surface area contributed by atoms with Gasteiger partial charge in [-0.2, -0.15) is 5.26 Å². The van der Waals surface area contributed by atoms with E-state index in [0.29, 0.717) is 19.5 Å². The Bertz CT molecular complexity index is 406. The predicted octanol–water partition coefficient (Wildman–Crippen LogP) is 2.05. The first-order valence-electron chi connectivity index (χ1n) is 5.39. The Morgan fingerprint density at radius 3 is 2.35 bits per heavy atom. The van der Waals surface area contributed by atoms with Crippen molar-refractivity contribution in [3.05, 3.63) is 29.3 Å². The summed E-state index contributed by atoms with van der Waals surface area (Å²) in [5.74, 6) is -1.50. The van der Waals surface area contributed by atoms with Gasteiger partial charge in [-0.05, 0) is 25.5 Å². The highest BCUT2D eigenvalue weighted by Crippen LogP contribution is 2.24. The van der Waals surface area contributed by atoms with Crippen molar-refractivity contribution in [3.8, 4) is 6.07 Å². The maximum atomic E-state index is 13.7. The molecule has 0 aromatic heterocycles. The van der Waals surface area contributed by atoms with E-state index < -0.39 is 11.6 Å². The summed E-state index contributed by atoms with van der Waals surface area (Å²) >= 11 is 0. The first-order valence-corrected chi connectivity index (χ1v) is 5.39. The monoisotopic (exact) mass is 240 g/mol. The highest BCUT2D eigenvalue weighted by atomic mass is 19.1. The van der Waals surface area contributed by atoms with Crippen LogP contribution in [0.5, 0.6) is 0 Å². The lowest BCUT2D eigenvalue weighted by atomic mass is 10.2. The predicted molar refractivity (Wildman–Crippen MR) is 60.7 cm³/mol. The molecule has 0 radical (unpaired) electrons. The molecule has 0 fully saturated rings. The summed E-state index contributed by atoms with van der Waals surface area (Å²) in [6, 6.07) is 3.73. The second-order valence-electron chi connectivity index (χ2n) is 3.56. The van der Waals surface area contributed by atoms with Crippen molar-refractivity contribution >= 4 is 5.69 Å². The lowest BCUT2D eigenvalue weighted by molar-refractivity contribution is 0.289. The molecule has 0 aliphatic rings. The standard InChI is InChI=1S/C12H14F2N2O/c1-2-16(4-3-5-17)12-10(13)6-9(8-15)7-11(12)14/h6-7,17H,2-5H2,1H3. The second-order valence-corrected chi connectivity index (χ2v) is 3.56. The zero-order valence-corrected chi connectivity index (χ0v) is 9.58. The number of halogens is 2. The van der Waals surface area contributed by atoms with Gasteiger partial charge in [0.05, 0.1) is 11.6 Å². The Hall–Kier alpha value is -1.67. The van der Waals surface area contributed by atoms with Crippen molar-refractivity contribution in [2.24, 2.45) is 0 Å². The van der Waals surface area contributed by atoms with E-state index in [-0.39, 0.29) is 17.9 Å². The largest absolute Gasteiger partial charge is 0.396 e. The minimum Gasteiger partial charge on any atom is -0.396 e. The van der Waals surface area contributed by atoms with Crippen LogP contribution in [0.3, 0.4) is 0 Å². The Balaban J connectivity index is 3.07. The Morgan fingerprint density at radius 1 is 1.35 bits per heavy atom. The maximum Gasteiger partial charge on any atom is 0.150 e. The molecule has 0 bridgehead atoms. The number of hydrogen-bond donors (Lipinski definition) is 1. The summed E-state index contributed by atoms with van der Waals surface area (Å²) in [4.78, 5) is 1.50. The summed E-state index contributed by atoms with van der Waals surface area (Å²) in [6.45, 7) is 2.54. The third-order valence-electron chi connectivity index (χ3n) is 2.43. The molecule has 1 aromatic carbocycles. The fraction of sp³-hybridized carbons (Fsp3) is 0.417. The number of benzene rings is 1. The van der Waals surface area contributed by atoms with Crippen LogP contribution in [-0.4, -0.2) is 24.8 Å². The van der Waals surface area contributed by atoms with Crippen molar-refractivity contribution in [3.63, 3.8) is 0 Å². The molecule has 92 valence electrons. The van der Waals surface area contributed by atoms with Gasteiger partial charge in [0, 0.05) is 19.7 Å². The minimum absolute atomic E-state index is 0.0317. The number of nitriles is 1. The van der Waals surface area contributed by atoms with E-state index in [1.807, 2.05) is 0 Å².